The van der Waals surface area contributed by atoms with Crippen molar-refractivity contribution in [3.63, 3.8) is 0 Å². The Morgan fingerprint density at radius 1 is 1.19 bits per heavy atom. The molecule has 0 saturated heterocycles. The third kappa shape index (κ3) is 4.13. The fourth-order valence-electron chi connectivity index (χ4n) is 3.39. The fraction of sp³-hybridized carbons (Fsp3) is 0.190. The third-order valence-corrected chi connectivity index (χ3v) is 5.03. The number of aryl methyl sites for hydroxylation is 2. The number of imidazole rings is 1. The van der Waals surface area contributed by atoms with E-state index in [4.69, 9.17) is 11.6 Å². The molecule has 1 N–H and O–H groups in total. The molecule has 0 radical (unpaired) electrons. The minimum absolute atomic E-state index is 0.0559. The zero-order valence-electron chi connectivity index (χ0n) is 16.5. The highest BCUT2D eigenvalue weighted by Gasteiger charge is 2.39. The van der Waals surface area contributed by atoms with Crippen molar-refractivity contribution in [3.05, 3.63) is 70.8 Å². The molecule has 0 atom stereocenters. The van der Waals surface area contributed by atoms with Gasteiger partial charge in [-0.05, 0) is 36.2 Å². The number of pyridine rings is 1. The summed E-state index contributed by atoms with van der Waals surface area (Å²) < 4.78 is 43.7. The Morgan fingerprint density at radius 2 is 1.90 bits per heavy atom. The van der Waals surface area contributed by atoms with Crippen LogP contribution in [0.5, 0.6) is 0 Å². The number of hydrogen-bond acceptors (Lipinski definition) is 3. The molecular formula is C21H17ClF3N5O. The van der Waals surface area contributed by atoms with Gasteiger partial charge in [-0.25, -0.2) is 4.98 Å². The zero-order valence-corrected chi connectivity index (χ0v) is 17.3. The number of rotatable bonds is 4. The molecule has 6 nitrogen and oxygen atoms in total. The van der Waals surface area contributed by atoms with Gasteiger partial charge >= 0.3 is 6.18 Å². The van der Waals surface area contributed by atoms with E-state index in [2.05, 4.69) is 15.4 Å². The van der Waals surface area contributed by atoms with Gasteiger partial charge in [-0.1, -0.05) is 29.8 Å². The summed E-state index contributed by atoms with van der Waals surface area (Å²) >= 11 is 5.87. The molecule has 0 unspecified atom stereocenters. The molecule has 4 aromatic rings. The van der Waals surface area contributed by atoms with E-state index >= 15 is 0 Å². The number of halogens is 4. The Labute approximate surface area is 180 Å². The first-order valence-corrected chi connectivity index (χ1v) is 9.64. The highest BCUT2D eigenvalue weighted by molar-refractivity contribution is 6.30. The van der Waals surface area contributed by atoms with E-state index in [0.717, 1.165) is 10.2 Å². The SMILES string of the molecule is Cc1cccn2cc(CC(=O)Nc3c(-c4ccc(Cl)cc4)c(C(F)(F)F)nn3C)nc12. The van der Waals surface area contributed by atoms with Crippen molar-refractivity contribution in [3.8, 4) is 11.1 Å². The topological polar surface area (TPSA) is 64.2 Å². The average Bonchev–Trinajstić information content (AvgIpc) is 3.24. The molecule has 0 bridgehead atoms. The molecule has 0 aliphatic heterocycles. The van der Waals surface area contributed by atoms with Crippen LogP contribution in [-0.2, 0) is 24.4 Å². The number of nitrogens with zero attached hydrogens (tertiary/aromatic N) is 4. The van der Waals surface area contributed by atoms with Gasteiger partial charge in [0, 0.05) is 24.5 Å². The first-order valence-electron chi connectivity index (χ1n) is 9.26. The van der Waals surface area contributed by atoms with Crippen LogP contribution in [0.25, 0.3) is 16.8 Å². The molecular weight excluding hydrogens is 431 g/mol. The maximum absolute atomic E-state index is 13.6. The van der Waals surface area contributed by atoms with Crippen LogP contribution < -0.4 is 5.32 Å². The van der Waals surface area contributed by atoms with Crippen molar-refractivity contribution in [1.29, 1.82) is 0 Å². The molecule has 4 rings (SSSR count). The number of fused-ring (bicyclic) bond motifs is 1. The van der Waals surface area contributed by atoms with Crippen molar-refractivity contribution in [2.75, 3.05) is 5.32 Å². The van der Waals surface area contributed by atoms with Gasteiger partial charge in [-0.3, -0.25) is 9.48 Å². The van der Waals surface area contributed by atoms with Crippen LogP contribution in [0, 0.1) is 6.92 Å². The lowest BCUT2D eigenvalue weighted by atomic mass is 10.0. The van der Waals surface area contributed by atoms with Crippen LogP contribution >= 0.6 is 11.6 Å². The number of amides is 1. The van der Waals surface area contributed by atoms with Crippen molar-refractivity contribution in [2.45, 2.75) is 19.5 Å². The van der Waals surface area contributed by atoms with Gasteiger partial charge in [0.15, 0.2) is 5.69 Å². The predicted octanol–water partition coefficient (Wildman–Crippen LogP) is 4.90. The van der Waals surface area contributed by atoms with E-state index in [0.29, 0.717) is 16.4 Å². The standard InChI is InChI=1S/C21H17ClF3N5O/c1-12-4-3-9-30-11-15(26-19(12)30)10-16(31)27-20-17(13-5-7-14(22)8-6-13)18(21(23,24)25)28-29(20)2/h3-9,11H,10H2,1-2H3,(H,27,31). The van der Waals surface area contributed by atoms with E-state index in [9.17, 15) is 18.0 Å². The summed E-state index contributed by atoms with van der Waals surface area (Å²) in [6, 6.07) is 9.63. The van der Waals surface area contributed by atoms with Crippen molar-refractivity contribution < 1.29 is 18.0 Å². The zero-order chi connectivity index (χ0) is 22.3. The summed E-state index contributed by atoms with van der Waals surface area (Å²) in [5.41, 5.74) is 1.09. The first-order chi connectivity index (χ1) is 14.6. The second-order valence-corrected chi connectivity index (χ2v) is 7.52. The summed E-state index contributed by atoms with van der Waals surface area (Å²) in [5, 5.41) is 6.57. The minimum Gasteiger partial charge on any atom is -0.310 e. The molecule has 1 amide bonds. The van der Waals surface area contributed by atoms with Gasteiger partial charge < -0.3 is 9.72 Å². The maximum atomic E-state index is 13.6. The van der Waals surface area contributed by atoms with Crippen molar-refractivity contribution in [1.82, 2.24) is 19.2 Å². The molecule has 0 spiro atoms. The highest BCUT2D eigenvalue weighted by atomic mass is 35.5. The molecule has 0 saturated carbocycles. The number of aromatic nitrogens is 4. The number of anilines is 1. The number of carbonyl (C=O) groups excluding carboxylic acids is 1. The molecule has 0 aliphatic carbocycles. The molecule has 160 valence electrons. The fourth-order valence-corrected chi connectivity index (χ4v) is 3.51. The number of benzene rings is 1. The lowest BCUT2D eigenvalue weighted by Crippen LogP contribution is -2.17. The normalized spacial score (nSPS) is 11.8. The van der Waals surface area contributed by atoms with E-state index in [1.807, 2.05) is 25.3 Å². The quantitative estimate of drug-likeness (QED) is 0.484. The molecule has 0 fully saturated rings. The van der Waals surface area contributed by atoms with Crippen LogP contribution in [0.2, 0.25) is 5.02 Å². The Bertz CT molecular complexity index is 1270. The Balaban J connectivity index is 1.68. The van der Waals surface area contributed by atoms with Gasteiger partial charge in [0.05, 0.1) is 17.7 Å². The first kappa shape index (κ1) is 20.9. The summed E-state index contributed by atoms with van der Waals surface area (Å²) in [6.07, 6.45) is -1.28. The van der Waals surface area contributed by atoms with E-state index in [1.54, 1.807) is 10.6 Å². The lowest BCUT2D eigenvalue weighted by molar-refractivity contribution is -0.141. The molecule has 1 aromatic carbocycles. The van der Waals surface area contributed by atoms with Crippen LogP contribution in [0.3, 0.4) is 0 Å². The van der Waals surface area contributed by atoms with Gasteiger partial charge in [0.1, 0.15) is 11.5 Å². The average molecular weight is 448 g/mol. The Kier molecular flexibility index (Phi) is 5.22. The van der Waals surface area contributed by atoms with Gasteiger partial charge in [0.2, 0.25) is 5.91 Å². The lowest BCUT2D eigenvalue weighted by Gasteiger charge is -2.10. The molecule has 0 aliphatic rings. The van der Waals surface area contributed by atoms with E-state index < -0.39 is 17.8 Å². The molecule has 3 aromatic heterocycles. The summed E-state index contributed by atoms with van der Waals surface area (Å²) in [7, 11) is 1.35. The smallest absolute Gasteiger partial charge is 0.310 e. The number of nitrogens with one attached hydrogen (secondary N) is 1. The molecule has 3 heterocycles. The van der Waals surface area contributed by atoms with Gasteiger partial charge in [-0.15, -0.1) is 0 Å². The Hall–Kier alpha value is -3.33. The maximum Gasteiger partial charge on any atom is 0.435 e. The number of hydrogen-bond donors (Lipinski definition) is 1. The van der Waals surface area contributed by atoms with Crippen LogP contribution in [-0.4, -0.2) is 25.1 Å². The van der Waals surface area contributed by atoms with Crippen molar-refractivity contribution >= 4 is 29.0 Å². The van der Waals surface area contributed by atoms with Gasteiger partial charge in [-0.2, -0.15) is 18.3 Å². The van der Waals surface area contributed by atoms with Crippen LogP contribution in [0.4, 0.5) is 19.0 Å². The molecule has 10 heteroatoms. The third-order valence-electron chi connectivity index (χ3n) is 4.78. The van der Waals surface area contributed by atoms with Gasteiger partial charge in [0.25, 0.3) is 0 Å². The predicted molar refractivity (Wildman–Crippen MR) is 111 cm³/mol. The number of alkyl halides is 3. The monoisotopic (exact) mass is 447 g/mol. The Morgan fingerprint density at radius 3 is 2.55 bits per heavy atom. The molecule has 31 heavy (non-hydrogen) atoms. The minimum atomic E-state index is -4.70. The second-order valence-electron chi connectivity index (χ2n) is 7.08. The highest BCUT2D eigenvalue weighted by Crippen LogP contribution is 2.40. The second kappa shape index (κ2) is 7.73. The van der Waals surface area contributed by atoms with Crippen molar-refractivity contribution in [2.24, 2.45) is 7.05 Å². The summed E-state index contributed by atoms with van der Waals surface area (Å²) in [6.45, 7) is 1.90. The summed E-state index contributed by atoms with van der Waals surface area (Å²) in [4.78, 5) is 17.1. The van der Waals surface area contributed by atoms with E-state index in [1.165, 1.54) is 31.3 Å². The summed E-state index contributed by atoms with van der Waals surface area (Å²) in [5.74, 6) is -0.562. The van der Waals surface area contributed by atoms with Crippen LogP contribution in [0.1, 0.15) is 17.0 Å². The van der Waals surface area contributed by atoms with Crippen LogP contribution in [0.15, 0.2) is 48.8 Å². The number of carbonyl (C=O) groups is 1. The largest absolute Gasteiger partial charge is 0.435 e. The van der Waals surface area contributed by atoms with E-state index in [-0.39, 0.29) is 23.4 Å².